The molecule has 0 radical (unpaired) electrons. The van der Waals surface area contributed by atoms with Crippen LogP contribution in [-0.2, 0) is 14.3 Å². The van der Waals surface area contributed by atoms with E-state index in [0.717, 1.165) is 25.7 Å². The molecule has 0 amide bonds. The van der Waals surface area contributed by atoms with E-state index in [1.54, 1.807) is 7.11 Å². The quantitative estimate of drug-likeness (QED) is 0.669. The molecule has 4 nitrogen and oxygen atoms in total. The van der Waals surface area contributed by atoms with E-state index in [2.05, 4.69) is 0 Å². The Morgan fingerprint density at radius 1 is 1.50 bits per heavy atom. The monoisotopic (exact) mass is 201 g/mol. The molecule has 1 atom stereocenters. The van der Waals surface area contributed by atoms with Crippen molar-refractivity contribution in [3.63, 3.8) is 0 Å². The molecule has 0 aliphatic heterocycles. The Morgan fingerprint density at radius 2 is 2.14 bits per heavy atom. The lowest BCUT2D eigenvalue weighted by molar-refractivity contribution is -0.150. The molecule has 1 saturated carbocycles. The summed E-state index contributed by atoms with van der Waals surface area (Å²) in [6, 6.07) is -0.532. The summed E-state index contributed by atoms with van der Waals surface area (Å²) in [6.07, 6.45) is 4.93. The van der Waals surface area contributed by atoms with Crippen LogP contribution in [0.1, 0.15) is 32.1 Å². The van der Waals surface area contributed by atoms with Gasteiger partial charge in [0, 0.05) is 13.7 Å². The molecular weight excluding hydrogens is 182 g/mol. The van der Waals surface area contributed by atoms with Gasteiger partial charge in [0.25, 0.3) is 0 Å². The highest BCUT2D eigenvalue weighted by atomic mass is 16.5. The fourth-order valence-corrected chi connectivity index (χ4v) is 1.62. The number of esters is 1. The molecule has 1 aliphatic rings. The molecule has 2 N–H and O–H groups in total. The third-order valence-electron chi connectivity index (χ3n) is 2.52. The van der Waals surface area contributed by atoms with E-state index in [-0.39, 0.29) is 12.1 Å². The fourth-order valence-electron chi connectivity index (χ4n) is 1.62. The summed E-state index contributed by atoms with van der Waals surface area (Å²) < 4.78 is 10.1. The maximum absolute atomic E-state index is 11.4. The first-order valence-electron chi connectivity index (χ1n) is 5.19. The van der Waals surface area contributed by atoms with Gasteiger partial charge in [0.2, 0.25) is 0 Å². The SMILES string of the molecule is COCCC(N)C(=O)OC1CCCC1. The molecule has 0 aromatic heterocycles. The summed E-state index contributed by atoms with van der Waals surface area (Å²) in [6.45, 7) is 0.501. The zero-order valence-corrected chi connectivity index (χ0v) is 8.70. The number of carbonyl (C=O) groups excluding carboxylic acids is 1. The zero-order chi connectivity index (χ0) is 10.4. The Labute approximate surface area is 84.7 Å². The average Bonchev–Trinajstić information content (AvgIpc) is 2.66. The normalized spacial score (nSPS) is 19.6. The van der Waals surface area contributed by atoms with Crippen LogP contribution in [0.4, 0.5) is 0 Å². The van der Waals surface area contributed by atoms with Crippen molar-refractivity contribution in [2.45, 2.75) is 44.2 Å². The Bertz CT molecular complexity index is 178. The van der Waals surface area contributed by atoms with E-state index in [4.69, 9.17) is 15.2 Å². The van der Waals surface area contributed by atoms with Crippen molar-refractivity contribution in [2.24, 2.45) is 5.73 Å². The van der Waals surface area contributed by atoms with Crippen LogP contribution in [-0.4, -0.2) is 31.8 Å². The molecule has 0 aromatic rings. The van der Waals surface area contributed by atoms with Crippen LogP contribution in [0.3, 0.4) is 0 Å². The summed E-state index contributed by atoms with van der Waals surface area (Å²) in [5, 5.41) is 0. The van der Waals surface area contributed by atoms with Crippen LogP contribution in [0.5, 0.6) is 0 Å². The summed E-state index contributed by atoms with van der Waals surface area (Å²) in [4.78, 5) is 11.4. The van der Waals surface area contributed by atoms with Crippen molar-refractivity contribution < 1.29 is 14.3 Å². The van der Waals surface area contributed by atoms with Gasteiger partial charge >= 0.3 is 5.97 Å². The van der Waals surface area contributed by atoms with Gasteiger partial charge in [0.1, 0.15) is 12.1 Å². The van der Waals surface area contributed by atoms with Gasteiger partial charge in [-0.1, -0.05) is 0 Å². The molecule has 0 saturated heterocycles. The second kappa shape index (κ2) is 5.98. The van der Waals surface area contributed by atoms with Crippen LogP contribution in [0.25, 0.3) is 0 Å². The smallest absolute Gasteiger partial charge is 0.323 e. The first kappa shape index (κ1) is 11.5. The largest absolute Gasteiger partial charge is 0.461 e. The Kier molecular flexibility index (Phi) is 4.90. The lowest BCUT2D eigenvalue weighted by Gasteiger charge is -2.15. The maximum Gasteiger partial charge on any atom is 0.323 e. The predicted octanol–water partition coefficient (Wildman–Crippen LogP) is 0.836. The molecule has 4 heteroatoms. The molecular formula is C10H19NO3. The standard InChI is InChI=1S/C10H19NO3/c1-13-7-6-9(11)10(12)14-8-4-2-3-5-8/h8-9H,2-7,11H2,1H3. The second-order valence-corrected chi connectivity index (χ2v) is 3.73. The predicted molar refractivity (Wildman–Crippen MR) is 52.8 cm³/mol. The van der Waals surface area contributed by atoms with Gasteiger partial charge in [-0.3, -0.25) is 4.79 Å². The van der Waals surface area contributed by atoms with Crippen LogP contribution < -0.4 is 5.73 Å². The van der Waals surface area contributed by atoms with Crippen molar-refractivity contribution in [3.05, 3.63) is 0 Å². The van der Waals surface area contributed by atoms with E-state index in [0.29, 0.717) is 13.0 Å². The number of methoxy groups -OCH3 is 1. The number of carbonyl (C=O) groups is 1. The van der Waals surface area contributed by atoms with Crippen LogP contribution in [0.2, 0.25) is 0 Å². The van der Waals surface area contributed by atoms with Crippen molar-refractivity contribution in [2.75, 3.05) is 13.7 Å². The Balaban J connectivity index is 2.18. The van der Waals surface area contributed by atoms with Gasteiger partial charge in [-0.2, -0.15) is 0 Å². The highest BCUT2D eigenvalue weighted by Crippen LogP contribution is 2.21. The molecule has 14 heavy (non-hydrogen) atoms. The molecule has 82 valence electrons. The number of hydrogen-bond donors (Lipinski definition) is 1. The molecule has 0 heterocycles. The highest BCUT2D eigenvalue weighted by Gasteiger charge is 2.22. The summed E-state index contributed by atoms with van der Waals surface area (Å²) in [7, 11) is 1.59. The van der Waals surface area contributed by atoms with Crippen molar-refractivity contribution in [1.29, 1.82) is 0 Å². The number of nitrogens with two attached hydrogens (primary N) is 1. The summed E-state index contributed by atoms with van der Waals surface area (Å²) in [5.74, 6) is -0.283. The van der Waals surface area contributed by atoms with Crippen LogP contribution >= 0.6 is 0 Å². The van der Waals surface area contributed by atoms with Crippen LogP contribution in [0.15, 0.2) is 0 Å². The number of hydrogen-bond acceptors (Lipinski definition) is 4. The minimum Gasteiger partial charge on any atom is -0.461 e. The van der Waals surface area contributed by atoms with Gasteiger partial charge in [-0.25, -0.2) is 0 Å². The first-order valence-corrected chi connectivity index (χ1v) is 5.19. The molecule has 1 unspecified atom stereocenters. The van der Waals surface area contributed by atoms with E-state index in [9.17, 15) is 4.79 Å². The third-order valence-corrected chi connectivity index (χ3v) is 2.52. The third kappa shape index (κ3) is 3.64. The molecule has 1 fully saturated rings. The number of rotatable bonds is 5. The molecule has 1 rings (SSSR count). The maximum atomic E-state index is 11.4. The molecule has 0 bridgehead atoms. The summed E-state index contributed by atoms with van der Waals surface area (Å²) >= 11 is 0. The molecule has 0 spiro atoms. The minimum absolute atomic E-state index is 0.107. The van der Waals surface area contributed by atoms with Crippen molar-refractivity contribution in [3.8, 4) is 0 Å². The summed E-state index contributed by atoms with van der Waals surface area (Å²) in [5.41, 5.74) is 5.63. The van der Waals surface area contributed by atoms with Gasteiger partial charge in [0.05, 0.1) is 0 Å². The van der Waals surface area contributed by atoms with Gasteiger partial charge < -0.3 is 15.2 Å². The fraction of sp³-hybridized carbons (Fsp3) is 0.900. The van der Waals surface area contributed by atoms with Gasteiger partial charge in [-0.05, 0) is 32.1 Å². The van der Waals surface area contributed by atoms with Crippen molar-refractivity contribution in [1.82, 2.24) is 0 Å². The average molecular weight is 201 g/mol. The van der Waals surface area contributed by atoms with E-state index in [1.807, 2.05) is 0 Å². The Hall–Kier alpha value is -0.610. The zero-order valence-electron chi connectivity index (χ0n) is 8.70. The van der Waals surface area contributed by atoms with Crippen molar-refractivity contribution >= 4 is 5.97 Å². The lowest BCUT2D eigenvalue weighted by Crippen LogP contribution is -2.35. The van der Waals surface area contributed by atoms with E-state index < -0.39 is 6.04 Å². The van der Waals surface area contributed by atoms with E-state index in [1.165, 1.54) is 0 Å². The first-order chi connectivity index (χ1) is 6.74. The topological polar surface area (TPSA) is 61.5 Å². The highest BCUT2D eigenvalue weighted by molar-refractivity contribution is 5.75. The number of ether oxygens (including phenoxy) is 2. The van der Waals surface area contributed by atoms with Crippen LogP contribution in [0, 0.1) is 0 Å². The minimum atomic E-state index is -0.532. The molecule has 0 aromatic carbocycles. The second-order valence-electron chi connectivity index (χ2n) is 3.73. The Morgan fingerprint density at radius 3 is 2.71 bits per heavy atom. The van der Waals surface area contributed by atoms with E-state index >= 15 is 0 Å². The molecule has 1 aliphatic carbocycles. The lowest BCUT2D eigenvalue weighted by atomic mass is 10.2. The van der Waals surface area contributed by atoms with Gasteiger partial charge in [0.15, 0.2) is 0 Å². The van der Waals surface area contributed by atoms with Gasteiger partial charge in [-0.15, -0.1) is 0 Å².